The number of nitrogens with zero attached hydrogens (tertiary/aromatic N) is 7. The second-order valence-corrected chi connectivity index (χ2v) is 7.00. The van der Waals surface area contributed by atoms with Crippen molar-refractivity contribution in [1.29, 1.82) is 0 Å². The molecule has 1 aliphatic heterocycles. The average Bonchev–Trinajstić information content (AvgIpc) is 3.16. The third-order valence-electron chi connectivity index (χ3n) is 5.13. The molecule has 1 N–H and O–H groups in total. The molecule has 1 fully saturated rings. The molecule has 0 aliphatic carbocycles. The number of hydrogen-bond donors (Lipinski definition) is 1. The fourth-order valence-corrected chi connectivity index (χ4v) is 3.46. The lowest BCUT2D eigenvalue weighted by Gasteiger charge is -2.31. The minimum Gasteiger partial charge on any atom is -0.395 e. The molecule has 0 unspecified atom stereocenters. The Hall–Kier alpha value is -1.77. The van der Waals surface area contributed by atoms with Crippen LogP contribution in [0.5, 0.6) is 0 Å². The Balaban J connectivity index is 1.56. The summed E-state index contributed by atoms with van der Waals surface area (Å²) in [7, 11) is 6.09. The zero-order valence-electron chi connectivity index (χ0n) is 15.5. The number of hydrogen-bond acceptors (Lipinski definition) is 6. The molecule has 0 atom stereocenters. The van der Waals surface area contributed by atoms with Gasteiger partial charge in [0.2, 0.25) is 0 Å². The van der Waals surface area contributed by atoms with E-state index in [0.29, 0.717) is 19.0 Å². The van der Waals surface area contributed by atoms with Gasteiger partial charge in [0.25, 0.3) is 0 Å². The van der Waals surface area contributed by atoms with Gasteiger partial charge in [-0.3, -0.25) is 9.80 Å². The van der Waals surface area contributed by atoms with Crippen molar-refractivity contribution < 1.29 is 5.11 Å². The van der Waals surface area contributed by atoms with Gasteiger partial charge in [-0.25, -0.2) is 4.98 Å². The van der Waals surface area contributed by atoms with Gasteiger partial charge >= 0.3 is 0 Å². The SMILES string of the molecule is CN(CCO)Cc1nnc(C2CCN(Cc3nccn3C)CC2)n1C. The van der Waals surface area contributed by atoms with Crippen LogP contribution in [0.4, 0.5) is 0 Å². The Morgan fingerprint density at radius 3 is 2.60 bits per heavy atom. The molecule has 25 heavy (non-hydrogen) atoms. The lowest BCUT2D eigenvalue weighted by Crippen LogP contribution is -2.34. The van der Waals surface area contributed by atoms with Gasteiger partial charge in [-0.15, -0.1) is 10.2 Å². The molecule has 3 rings (SSSR count). The molecule has 8 heteroatoms. The highest BCUT2D eigenvalue weighted by Gasteiger charge is 2.25. The molecule has 1 saturated heterocycles. The van der Waals surface area contributed by atoms with Crippen LogP contribution in [0.3, 0.4) is 0 Å². The van der Waals surface area contributed by atoms with E-state index in [1.54, 1.807) is 0 Å². The summed E-state index contributed by atoms with van der Waals surface area (Å²) in [5.41, 5.74) is 0. The minimum absolute atomic E-state index is 0.162. The summed E-state index contributed by atoms with van der Waals surface area (Å²) in [6.45, 7) is 4.55. The molecular weight excluding hydrogens is 318 g/mol. The van der Waals surface area contributed by atoms with Crippen molar-refractivity contribution in [2.24, 2.45) is 14.1 Å². The van der Waals surface area contributed by atoms with Crippen LogP contribution in [0.2, 0.25) is 0 Å². The standard InChI is InChI=1S/C17H29N7O/c1-21(10-11-25)12-16-19-20-17(23(16)3)14-4-7-24(8-5-14)13-15-18-6-9-22(15)2/h6,9,14,25H,4-5,7-8,10-13H2,1-3H3. The smallest absolute Gasteiger partial charge is 0.146 e. The predicted octanol–water partition coefficient (Wildman–Crippen LogP) is 0.352. The second kappa shape index (κ2) is 8.07. The highest BCUT2D eigenvalue weighted by Crippen LogP contribution is 2.27. The molecule has 0 amide bonds. The Morgan fingerprint density at radius 1 is 1.20 bits per heavy atom. The molecule has 2 aromatic heterocycles. The Labute approximate surface area is 149 Å². The quantitative estimate of drug-likeness (QED) is 0.779. The predicted molar refractivity (Wildman–Crippen MR) is 94.9 cm³/mol. The van der Waals surface area contributed by atoms with Gasteiger partial charge in [-0.2, -0.15) is 0 Å². The Kier molecular flexibility index (Phi) is 5.82. The molecule has 0 spiro atoms. The fraction of sp³-hybridized carbons (Fsp3) is 0.706. The van der Waals surface area contributed by atoms with E-state index in [1.807, 2.05) is 26.5 Å². The minimum atomic E-state index is 0.162. The number of aliphatic hydroxyl groups is 1. The molecule has 0 bridgehead atoms. The van der Waals surface area contributed by atoms with Crippen LogP contribution in [0.25, 0.3) is 0 Å². The van der Waals surface area contributed by atoms with E-state index < -0.39 is 0 Å². The van der Waals surface area contributed by atoms with Gasteiger partial charge < -0.3 is 14.2 Å². The first-order chi connectivity index (χ1) is 12.1. The van der Waals surface area contributed by atoms with E-state index in [-0.39, 0.29) is 6.61 Å². The van der Waals surface area contributed by atoms with Crippen LogP contribution in [0.1, 0.15) is 36.2 Å². The average molecular weight is 347 g/mol. The number of aliphatic hydroxyl groups excluding tert-OH is 1. The van der Waals surface area contributed by atoms with Gasteiger partial charge in [0.15, 0.2) is 0 Å². The Bertz CT molecular complexity index is 672. The normalized spacial score (nSPS) is 16.8. The maximum Gasteiger partial charge on any atom is 0.146 e. The Morgan fingerprint density at radius 2 is 1.96 bits per heavy atom. The van der Waals surface area contributed by atoms with E-state index in [4.69, 9.17) is 5.11 Å². The molecule has 138 valence electrons. The summed E-state index contributed by atoms with van der Waals surface area (Å²) in [6.07, 6.45) is 6.06. The summed E-state index contributed by atoms with van der Waals surface area (Å²) >= 11 is 0. The van der Waals surface area contributed by atoms with Crippen LogP contribution >= 0.6 is 0 Å². The number of imidazole rings is 1. The first-order valence-electron chi connectivity index (χ1n) is 8.94. The molecule has 0 saturated carbocycles. The zero-order valence-corrected chi connectivity index (χ0v) is 15.5. The number of aryl methyl sites for hydroxylation is 1. The van der Waals surface area contributed by atoms with E-state index in [2.05, 4.69) is 41.2 Å². The van der Waals surface area contributed by atoms with Crippen molar-refractivity contribution in [3.05, 3.63) is 29.9 Å². The largest absolute Gasteiger partial charge is 0.395 e. The van der Waals surface area contributed by atoms with E-state index in [9.17, 15) is 0 Å². The van der Waals surface area contributed by atoms with E-state index >= 15 is 0 Å². The number of aromatic nitrogens is 5. The van der Waals surface area contributed by atoms with E-state index in [1.165, 1.54) is 0 Å². The molecule has 0 radical (unpaired) electrons. The maximum absolute atomic E-state index is 9.03. The fourth-order valence-electron chi connectivity index (χ4n) is 3.46. The van der Waals surface area contributed by atoms with Crippen molar-refractivity contribution in [3.8, 4) is 0 Å². The van der Waals surface area contributed by atoms with Crippen LogP contribution in [-0.4, -0.2) is 72.5 Å². The molecule has 2 aromatic rings. The van der Waals surface area contributed by atoms with Crippen molar-refractivity contribution >= 4 is 0 Å². The number of likely N-dealkylation sites (N-methyl/N-ethyl adjacent to an activating group) is 1. The van der Waals surface area contributed by atoms with Crippen molar-refractivity contribution in [2.45, 2.75) is 31.8 Å². The van der Waals surface area contributed by atoms with Crippen LogP contribution in [-0.2, 0) is 27.2 Å². The third-order valence-corrected chi connectivity index (χ3v) is 5.13. The van der Waals surface area contributed by atoms with Crippen LogP contribution in [0, 0.1) is 0 Å². The lowest BCUT2D eigenvalue weighted by atomic mass is 9.96. The highest BCUT2D eigenvalue weighted by molar-refractivity contribution is 5.04. The van der Waals surface area contributed by atoms with Gasteiger partial charge in [0.1, 0.15) is 17.5 Å². The van der Waals surface area contributed by atoms with Crippen molar-refractivity contribution in [3.63, 3.8) is 0 Å². The number of likely N-dealkylation sites (tertiary alicyclic amines) is 1. The molecule has 0 aromatic carbocycles. The van der Waals surface area contributed by atoms with Gasteiger partial charge in [0, 0.05) is 39.0 Å². The third kappa shape index (κ3) is 4.26. The summed E-state index contributed by atoms with van der Waals surface area (Å²) < 4.78 is 4.22. The van der Waals surface area contributed by atoms with E-state index in [0.717, 1.165) is 49.9 Å². The summed E-state index contributed by atoms with van der Waals surface area (Å²) in [5.74, 6) is 3.63. The summed E-state index contributed by atoms with van der Waals surface area (Å²) in [5, 5.41) is 17.9. The first-order valence-corrected chi connectivity index (χ1v) is 8.94. The summed E-state index contributed by atoms with van der Waals surface area (Å²) in [6, 6.07) is 0. The monoisotopic (exact) mass is 347 g/mol. The van der Waals surface area contributed by atoms with Crippen LogP contribution in [0.15, 0.2) is 12.4 Å². The number of piperidine rings is 1. The topological polar surface area (TPSA) is 75.2 Å². The maximum atomic E-state index is 9.03. The van der Waals surface area contributed by atoms with Crippen molar-refractivity contribution in [2.75, 3.05) is 33.3 Å². The number of rotatable bonds is 7. The highest BCUT2D eigenvalue weighted by atomic mass is 16.3. The van der Waals surface area contributed by atoms with Crippen LogP contribution < -0.4 is 0 Å². The van der Waals surface area contributed by atoms with Gasteiger partial charge in [-0.05, 0) is 33.0 Å². The summed E-state index contributed by atoms with van der Waals surface area (Å²) in [4.78, 5) is 8.94. The molecule has 1 aliphatic rings. The molecule has 3 heterocycles. The molecular formula is C17H29N7O. The zero-order chi connectivity index (χ0) is 17.8. The van der Waals surface area contributed by atoms with Gasteiger partial charge in [0.05, 0.1) is 19.7 Å². The lowest BCUT2D eigenvalue weighted by molar-refractivity contribution is 0.194. The molecule has 8 nitrogen and oxygen atoms in total. The second-order valence-electron chi connectivity index (χ2n) is 7.00. The first kappa shape index (κ1) is 18.0. The van der Waals surface area contributed by atoms with Gasteiger partial charge in [-0.1, -0.05) is 0 Å². The van der Waals surface area contributed by atoms with Crippen molar-refractivity contribution in [1.82, 2.24) is 34.1 Å².